The number of carbonyl (C=O) groups is 1. The van der Waals surface area contributed by atoms with Crippen LogP contribution >= 0.6 is 0 Å². The van der Waals surface area contributed by atoms with Gasteiger partial charge in [0, 0.05) is 13.1 Å². The lowest BCUT2D eigenvalue weighted by molar-refractivity contribution is -0.125. The molecule has 0 aliphatic rings. The van der Waals surface area contributed by atoms with Gasteiger partial charge in [-0.3, -0.25) is 4.79 Å². The maximum atomic E-state index is 12.3. The predicted molar refractivity (Wildman–Crippen MR) is 86.7 cm³/mol. The van der Waals surface area contributed by atoms with Crippen molar-refractivity contribution in [3.63, 3.8) is 0 Å². The van der Waals surface area contributed by atoms with E-state index in [-0.39, 0.29) is 5.91 Å². The number of amides is 1. The molecule has 4 heteroatoms. The number of likely N-dealkylation sites (N-methyl/N-ethyl adjacent to an activating group) is 1. The number of benzene rings is 1. The van der Waals surface area contributed by atoms with Crippen LogP contribution in [0.25, 0.3) is 0 Å². The Hall–Kier alpha value is -1.55. The van der Waals surface area contributed by atoms with Crippen LogP contribution in [0.15, 0.2) is 24.3 Å². The monoisotopic (exact) mass is 292 g/mol. The molecule has 0 spiro atoms. The summed E-state index contributed by atoms with van der Waals surface area (Å²) < 4.78 is 5.67. The fraction of sp³-hybridized carbons (Fsp3) is 0.588. The first-order chi connectivity index (χ1) is 9.87. The fourth-order valence-corrected chi connectivity index (χ4v) is 1.88. The van der Waals surface area contributed by atoms with Crippen LogP contribution in [-0.4, -0.2) is 32.7 Å². The van der Waals surface area contributed by atoms with Gasteiger partial charge in [-0.2, -0.15) is 0 Å². The summed E-state index contributed by atoms with van der Waals surface area (Å²) in [7, 11) is 1.87. The second-order valence-electron chi connectivity index (χ2n) is 6.21. The van der Waals surface area contributed by atoms with E-state index in [4.69, 9.17) is 4.74 Å². The second kappa shape index (κ2) is 8.03. The molecule has 0 atom stereocenters. The minimum absolute atomic E-state index is 0.0357. The lowest BCUT2D eigenvalue weighted by Crippen LogP contribution is -2.42. The quantitative estimate of drug-likeness (QED) is 0.723. The molecule has 0 aliphatic carbocycles. The highest BCUT2D eigenvalue weighted by Gasteiger charge is 2.29. The molecule has 0 heterocycles. The van der Waals surface area contributed by atoms with Crippen molar-refractivity contribution < 1.29 is 9.53 Å². The van der Waals surface area contributed by atoms with Crippen molar-refractivity contribution in [1.82, 2.24) is 10.6 Å². The van der Waals surface area contributed by atoms with Gasteiger partial charge < -0.3 is 15.4 Å². The summed E-state index contributed by atoms with van der Waals surface area (Å²) in [5.74, 6) is 1.38. The summed E-state index contributed by atoms with van der Waals surface area (Å²) in [5, 5.41) is 5.96. The van der Waals surface area contributed by atoms with E-state index in [0.717, 1.165) is 17.9 Å². The van der Waals surface area contributed by atoms with Crippen LogP contribution in [0.1, 0.15) is 33.3 Å². The summed E-state index contributed by atoms with van der Waals surface area (Å²) in [6.45, 7) is 10.2. The first-order valence-electron chi connectivity index (χ1n) is 7.54. The van der Waals surface area contributed by atoms with E-state index in [1.165, 1.54) is 0 Å². The molecule has 1 amide bonds. The Morgan fingerprint density at radius 3 is 2.33 bits per heavy atom. The highest BCUT2D eigenvalue weighted by Crippen LogP contribution is 2.25. The molecule has 0 saturated heterocycles. The number of carbonyl (C=O) groups excluding carboxylic acids is 1. The van der Waals surface area contributed by atoms with E-state index >= 15 is 0 Å². The van der Waals surface area contributed by atoms with Crippen molar-refractivity contribution in [3.8, 4) is 5.75 Å². The Kier molecular flexibility index (Phi) is 6.69. The summed E-state index contributed by atoms with van der Waals surface area (Å²) in [6.07, 6.45) is 0. The summed E-state index contributed by atoms with van der Waals surface area (Å²) in [6, 6.07) is 7.79. The highest BCUT2D eigenvalue weighted by atomic mass is 16.5. The third kappa shape index (κ3) is 5.38. The third-order valence-corrected chi connectivity index (χ3v) is 3.39. The van der Waals surface area contributed by atoms with Crippen LogP contribution in [-0.2, 0) is 10.2 Å². The molecule has 0 aromatic heterocycles. The maximum Gasteiger partial charge on any atom is 0.230 e. The smallest absolute Gasteiger partial charge is 0.230 e. The molecule has 2 N–H and O–H groups in total. The van der Waals surface area contributed by atoms with Gasteiger partial charge in [-0.05, 0) is 44.5 Å². The summed E-state index contributed by atoms with van der Waals surface area (Å²) in [5.41, 5.74) is 0.436. The van der Waals surface area contributed by atoms with Gasteiger partial charge in [0.05, 0.1) is 12.0 Å². The van der Waals surface area contributed by atoms with Crippen molar-refractivity contribution in [3.05, 3.63) is 29.8 Å². The van der Waals surface area contributed by atoms with Gasteiger partial charge in [-0.1, -0.05) is 26.0 Å². The van der Waals surface area contributed by atoms with Gasteiger partial charge in [0.2, 0.25) is 5.91 Å². The molecule has 0 unspecified atom stereocenters. The zero-order valence-corrected chi connectivity index (χ0v) is 13.8. The van der Waals surface area contributed by atoms with E-state index in [9.17, 15) is 4.79 Å². The van der Waals surface area contributed by atoms with Gasteiger partial charge in [0.1, 0.15) is 5.75 Å². The molecule has 1 rings (SSSR count). The predicted octanol–water partition coefficient (Wildman–Crippen LogP) is 2.33. The zero-order valence-electron chi connectivity index (χ0n) is 13.8. The van der Waals surface area contributed by atoms with Gasteiger partial charge in [0.15, 0.2) is 0 Å². The van der Waals surface area contributed by atoms with Crippen LogP contribution in [0, 0.1) is 5.92 Å². The van der Waals surface area contributed by atoms with Crippen LogP contribution in [0.2, 0.25) is 0 Å². The number of rotatable bonds is 8. The van der Waals surface area contributed by atoms with Crippen molar-refractivity contribution >= 4 is 5.91 Å². The minimum Gasteiger partial charge on any atom is -0.493 e. The molecule has 0 bridgehead atoms. The largest absolute Gasteiger partial charge is 0.493 e. The van der Waals surface area contributed by atoms with Crippen molar-refractivity contribution in [2.45, 2.75) is 33.1 Å². The van der Waals surface area contributed by atoms with Crippen molar-refractivity contribution in [2.75, 3.05) is 26.7 Å². The molecule has 4 nitrogen and oxygen atoms in total. The van der Waals surface area contributed by atoms with Gasteiger partial charge >= 0.3 is 0 Å². The SMILES string of the molecule is CNCCNC(=O)C(C)(C)c1ccc(OCC(C)C)cc1. The van der Waals surface area contributed by atoms with Crippen LogP contribution in [0.3, 0.4) is 0 Å². The molecular weight excluding hydrogens is 264 g/mol. The first-order valence-corrected chi connectivity index (χ1v) is 7.54. The number of ether oxygens (including phenoxy) is 1. The number of hydrogen-bond acceptors (Lipinski definition) is 3. The van der Waals surface area contributed by atoms with Crippen LogP contribution < -0.4 is 15.4 Å². The first kappa shape index (κ1) is 17.5. The van der Waals surface area contributed by atoms with Crippen molar-refractivity contribution in [2.24, 2.45) is 5.92 Å². The van der Waals surface area contributed by atoms with Gasteiger partial charge in [-0.15, -0.1) is 0 Å². The van der Waals surface area contributed by atoms with E-state index in [1.54, 1.807) is 0 Å². The molecule has 1 aromatic rings. The zero-order chi connectivity index (χ0) is 15.9. The lowest BCUT2D eigenvalue weighted by Gasteiger charge is -2.24. The van der Waals surface area contributed by atoms with E-state index in [0.29, 0.717) is 19.1 Å². The minimum atomic E-state index is -0.551. The van der Waals surface area contributed by atoms with Gasteiger partial charge in [0.25, 0.3) is 0 Å². The molecule has 0 radical (unpaired) electrons. The Balaban J connectivity index is 2.67. The topological polar surface area (TPSA) is 50.4 Å². The lowest BCUT2D eigenvalue weighted by atomic mass is 9.83. The normalized spacial score (nSPS) is 11.5. The van der Waals surface area contributed by atoms with Crippen molar-refractivity contribution in [1.29, 1.82) is 0 Å². The molecule has 0 saturated carbocycles. The maximum absolute atomic E-state index is 12.3. The molecule has 118 valence electrons. The van der Waals surface area contributed by atoms with E-state index in [1.807, 2.05) is 45.2 Å². The Bertz CT molecular complexity index is 439. The van der Waals surface area contributed by atoms with E-state index in [2.05, 4.69) is 24.5 Å². The van der Waals surface area contributed by atoms with Gasteiger partial charge in [-0.25, -0.2) is 0 Å². The Labute approximate surface area is 128 Å². The molecule has 1 aromatic carbocycles. The summed E-state index contributed by atoms with van der Waals surface area (Å²) >= 11 is 0. The van der Waals surface area contributed by atoms with Crippen LogP contribution in [0.4, 0.5) is 0 Å². The number of nitrogens with one attached hydrogen (secondary N) is 2. The fourth-order valence-electron chi connectivity index (χ4n) is 1.88. The third-order valence-electron chi connectivity index (χ3n) is 3.39. The molecule has 21 heavy (non-hydrogen) atoms. The second-order valence-corrected chi connectivity index (χ2v) is 6.21. The average Bonchev–Trinajstić information content (AvgIpc) is 2.45. The standard InChI is InChI=1S/C17H28N2O2/c1-13(2)12-21-15-8-6-14(7-9-15)17(3,4)16(20)19-11-10-18-5/h6-9,13,18H,10-12H2,1-5H3,(H,19,20). The van der Waals surface area contributed by atoms with Crippen LogP contribution in [0.5, 0.6) is 5.75 Å². The van der Waals surface area contributed by atoms with E-state index < -0.39 is 5.41 Å². The summed E-state index contributed by atoms with van der Waals surface area (Å²) in [4.78, 5) is 12.3. The number of hydrogen-bond donors (Lipinski definition) is 2. The molecule has 0 aliphatic heterocycles. The molecular formula is C17H28N2O2. The molecule has 0 fully saturated rings. The average molecular weight is 292 g/mol. The Morgan fingerprint density at radius 2 is 1.81 bits per heavy atom. The Morgan fingerprint density at radius 1 is 1.19 bits per heavy atom. The highest BCUT2D eigenvalue weighted by molar-refractivity contribution is 5.87.